The zero-order chi connectivity index (χ0) is 9.00. The van der Waals surface area contributed by atoms with Crippen molar-refractivity contribution in [2.75, 3.05) is 0 Å². The number of hydrogen-bond donors (Lipinski definition) is 6. The maximum absolute atomic E-state index is 8.88. The van der Waals surface area contributed by atoms with Gasteiger partial charge in [-0.3, -0.25) is 0 Å². The molecule has 82 valence electrons. The summed E-state index contributed by atoms with van der Waals surface area (Å²) >= 11 is 0. The molecule has 0 rings (SSSR count). The van der Waals surface area contributed by atoms with Crippen molar-refractivity contribution in [3.05, 3.63) is 0 Å². The molecule has 14 heavy (non-hydrogen) atoms. The van der Waals surface area contributed by atoms with Gasteiger partial charge in [-0.05, 0) is 0 Å². The first kappa shape index (κ1) is 36.4. The van der Waals surface area contributed by atoms with Crippen LogP contribution >= 0.6 is 15.6 Å². The zero-order valence-electron chi connectivity index (χ0n) is 13.2. The average molecular weight is 531 g/mol. The fourth-order valence-corrected chi connectivity index (χ4v) is 0. The van der Waals surface area contributed by atoms with E-state index in [1.54, 1.807) is 0 Å². The van der Waals surface area contributed by atoms with Gasteiger partial charge in [0.25, 0.3) is 0 Å². The van der Waals surface area contributed by atoms with Crippen molar-refractivity contribution >= 4 is 156 Å². The van der Waals surface area contributed by atoms with Gasteiger partial charge in [0, 0.05) is 0 Å². The Bertz CT molecular complexity index is 153. The van der Waals surface area contributed by atoms with Gasteiger partial charge in [0.2, 0.25) is 0 Å². The molecule has 0 unspecified atom stereocenters. The third-order valence-corrected chi connectivity index (χ3v) is 0. The van der Waals surface area contributed by atoms with E-state index in [0.29, 0.717) is 0 Å². The monoisotopic (exact) mass is 532 g/mol. The first-order valence-corrected chi connectivity index (χ1v) is 4.70. The van der Waals surface area contributed by atoms with Gasteiger partial charge in [-0.15, -0.1) is 0 Å². The Labute approximate surface area is 199 Å². The van der Waals surface area contributed by atoms with Gasteiger partial charge in [-0.2, -0.15) is 0 Å². The molecule has 0 aliphatic heterocycles. The molecule has 0 spiro atoms. The Morgan fingerprint density at radius 1 is 0.643 bits per heavy atom. The molecule has 0 fully saturated rings. The third kappa shape index (κ3) is 177. The van der Waals surface area contributed by atoms with Crippen LogP contribution in [0.2, 0.25) is 0 Å². The van der Waals surface area contributed by atoms with Crippen LogP contribution in [0, 0.1) is 0 Å². The Kier molecular flexibility index (Phi) is 46.6. The molecule has 0 bridgehead atoms. The zero-order valence-corrected chi connectivity index (χ0v) is 21.1. The number of phosphoric acid groups is 2. The van der Waals surface area contributed by atoms with Gasteiger partial charge in [0.1, 0.15) is 0 Å². The molecule has 0 heterocycles. The van der Waals surface area contributed by atoms with Crippen LogP contribution in [0.15, 0.2) is 0 Å². The molecule has 0 aromatic rings. The molecule has 6 N–H and O–H groups in total. The predicted octanol–water partition coefficient (Wildman–Crippen LogP) is -3.24. The van der Waals surface area contributed by atoms with Gasteiger partial charge >= 0.3 is 156 Å². The molecular formula is H14Ca3O8P2Pb. The first-order valence-electron chi connectivity index (χ1n) is 1.57. The van der Waals surface area contributed by atoms with Crippen LogP contribution in [0.4, 0.5) is 0 Å². The van der Waals surface area contributed by atoms with E-state index in [0.717, 1.165) is 0 Å². The fraction of sp³-hybridized carbons (Fsp3) is 0. The van der Waals surface area contributed by atoms with Crippen molar-refractivity contribution in [1.29, 1.82) is 0 Å². The van der Waals surface area contributed by atoms with E-state index in [2.05, 4.69) is 0 Å². The molecule has 0 aliphatic rings. The Balaban J connectivity index is -0.00000000427. The van der Waals surface area contributed by atoms with Crippen LogP contribution in [0.5, 0.6) is 0 Å². The van der Waals surface area contributed by atoms with Crippen molar-refractivity contribution in [2.45, 2.75) is 0 Å². The van der Waals surface area contributed by atoms with E-state index < -0.39 is 15.6 Å². The van der Waals surface area contributed by atoms with E-state index >= 15 is 0 Å². The average Bonchev–Trinajstić information content (AvgIpc) is 1.12. The van der Waals surface area contributed by atoms with Gasteiger partial charge < -0.3 is 37.9 Å². The summed E-state index contributed by atoms with van der Waals surface area (Å²) in [7, 11) is -9.28. The number of hydrogen-bond acceptors (Lipinski definition) is 2. The minimum absolute atomic E-state index is 0. The van der Waals surface area contributed by atoms with Gasteiger partial charge in [-0.1, -0.05) is 0 Å². The Morgan fingerprint density at radius 3 is 0.643 bits per heavy atom. The van der Waals surface area contributed by atoms with Crippen molar-refractivity contribution in [1.82, 2.24) is 0 Å². The molecule has 0 saturated heterocycles. The summed E-state index contributed by atoms with van der Waals surface area (Å²) in [6, 6.07) is 0. The molecule has 0 amide bonds. The molecular weight excluding hydrogens is 517 g/mol. The minimum atomic E-state index is -4.64. The molecule has 14 heteroatoms. The maximum atomic E-state index is 8.88. The summed E-state index contributed by atoms with van der Waals surface area (Å²) in [4.78, 5) is 43.1. The summed E-state index contributed by atoms with van der Waals surface area (Å²) in [6.07, 6.45) is 0. The predicted molar refractivity (Wildman–Crippen MR) is 61.0 cm³/mol. The van der Waals surface area contributed by atoms with E-state index in [1.807, 2.05) is 0 Å². The number of rotatable bonds is 0. The van der Waals surface area contributed by atoms with Crippen LogP contribution in [-0.2, 0) is 9.13 Å². The van der Waals surface area contributed by atoms with Crippen LogP contribution < -0.4 is 0 Å². The second-order valence-corrected chi connectivity index (χ2v) is 3.08. The molecule has 0 saturated carbocycles. The quantitative estimate of drug-likeness (QED) is 0.141. The van der Waals surface area contributed by atoms with Crippen molar-refractivity contribution in [3.63, 3.8) is 0 Å². The van der Waals surface area contributed by atoms with Crippen LogP contribution in [0.3, 0.4) is 0 Å². The Morgan fingerprint density at radius 2 is 0.643 bits per heavy atom. The van der Waals surface area contributed by atoms with Crippen molar-refractivity contribution in [2.24, 2.45) is 0 Å². The van der Waals surface area contributed by atoms with E-state index in [1.165, 1.54) is 0 Å². The van der Waals surface area contributed by atoms with Crippen LogP contribution in [0.1, 0.15) is 8.56 Å². The topological polar surface area (TPSA) is 156 Å². The molecule has 0 aromatic carbocycles. The van der Waals surface area contributed by atoms with E-state index in [9.17, 15) is 0 Å². The second kappa shape index (κ2) is 17.9. The van der Waals surface area contributed by atoms with Crippen molar-refractivity contribution < 1.29 is 47.1 Å². The van der Waals surface area contributed by atoms with Crippen LogP contribution in [-0.4, -0.2) is 170 Å². The summed E-state index contributed by atoms with van der Waals surface area (Å²) in [6.45, 7) is 0. The molecule has 0 aliphatic carbocycles. The third-order valence-electron chi connectivity index (χ3n) is 0. The SMILES string of the molecule is O=P(O)(O)O.O=P(O)(O)O.[Ca+2].[Ca+2].[Ca+2].[H-].[H-].[H-].[H-].[H-].[H-].[PbH2]. The van der Waals surface area contributed by atoms with Gasteiger partial charge in [-0.25, -0.2) is 9.13 Å². The fourth-order valence-electron chi connectivity index (χ4n) is 0. The standard InChI is InChI=1S/3Ca.2H3O4P.Pb.8H/c;;;2*1-5(2,3)4;;;;;;;;;/h;;;2*(H3,1,2,3,4);;;;;;;;;/q3*+2;;;;;;6*-1. The summed E-state index contributed by atoms with van der Waals surface area (Å²) in [5, 5.41) is 0. The summed E-state index contributed by atoms with van der Waals surface area (Å²) in [5.74, 6) is 0. The van der Waals surface area contributed by atoms with Crippen LogP contribution in [0.25, 0.3) is 0 Å². The van der Waals surface area contributed by atoms with Gasteiger partial charge in [0.05, 0.1) is 0 Å². The van der Waals surface area contributed by atoms with Crippen molar-refractivity contribution in [3.8, 4) is 0 Å². The normalized spacial score (nSPS) is 8.43. The van der Waals surface area contributed by atoms with E-state index in [4.69, 9.17) is 38.5 Å². The van der Waals surface area contributed by atoms with Gasteiger partial charge in [0.15, 0.2) is 0 Å². The Hall–Kier alpha value is 4.92. The molecule has 0 atom stereocenters. The summed E-state index contributed by atoms with van der Waals surface area (Å²) < 4.78 is 17.8. The molecule has 2 radical (unpaired) electrons. The molecule has 0 aromatic heterocycles. The second-order valence-electron chi connectivity index (χ2n) is 1.03. The summed E-state index contributed by atoms with van der Waals surface area (Å²) in [5.41, 5.74) is 0. The van der Waals surface area contributed by atoms with E-state index in [-0.39, 0.29) is 149 Å². The molecule has 8 nitrogen and oxygen atoms in total. The first-order chi connectivity index (χ1) is 4.00.